The van der Waals surface area contributed by atoms with Gasteiger partial charge in [0.2, 0.25) is 11.8 Å². The van der Waals surface area contributed by atoms with Gasteiger partial charge in [-0.1, -0.05) is 67.6 Å². The van der Waals surface area contributed by atoms with Crippen molar-refractivity contribution in [2.75, 3.05) is 51.4 Å². The van der Waals surface area contributed by atoms with Crippen molar-refractivity contribution in [3.05, 3.63) is 112 Å². The number of nitrogens with one attached hydrogen (secondary N) is 3. The Morgan fingerprint density at radius 1 is 0.988 bits per heavy atom. The second kappa shape index (κ2) is 23.6. The highest BCUT2D eigenvalue weighted by molar-refractivity contribution is 7.13. The number of hydrogen-bond acceptors (Lipinski definition) is 16. The van der Waals surface area contributed by atoms with Gasteiger partial charge in [0.25, 0.3) is 0 Å². The largest absolute Gasteiger partial charge is 0.486 e. The standard InChI is InChI=1S/C60H69FN12O7S/c1-8-71(41-19-20-62-24-41)57-44-22-43(37-13-14-37)52(51-34(5)46(61)23-47-45(51)25-64-68-47)55(53(44)66-60(67-57)80-29-33(4)78-7)79-30-36-9-11-38(12-10-36)48-27-73(70-69-48)54(32(2)3)59(77)72-26-42(75)21-50(72)58(76)65-49(28-74)39-15-17-40(18-16-39)56-35(6)63-31-81-56/h9-12,15-18,22-23,25,27,31-33,37,41-42,49-50,54,62,74-75H,8,13-14,19-21,24,26,28-30H2,1-7H3,(H,64,68)(H,65,76)/t33-,41-,42+,49-,50-,54-/m0/s1. The minimum atomic E-state index is -0.982. The minimum Gasteiger partial charge on any atom is -0.486 e. The van der Waals surface area contributed by atoms with Gasteiger partial charge in [-0.05, 0) is 105 Å². The number of amides is 2. The number of β-amino-alcohol motifs (C(OH)–C–C–N with tert-alkyl or cyclic N) is 1. The van der Waals surface area contributed by atoms with Crippen LogP contribution in [0.3, 0.4) is 0 Å². The van der Waals surface area contributed by atoms with Gasteiger partial charge in [0.1, 0.15) is 48.1 Å². The summed E-state index contributed by atoms with van der Waals surface area (Å²) >= 11 is 1.54. The number of aliphatic hydroxyl groups excluding tert-OH is 2. The number of anilines is 1. The van der Waals surface area contributed by atoms with Gasteiger partial charge in [-0.15, -0.1) is 16.4 Å². The smallest absolute Gasteiger partial charge is 0.319 e. The number of rotatable bonds is 21. The van der Waals surface area contributed by atoms with Gasteiger partial charge in [0, 0.05) is 66.7 Å². The molecule has 2 amide bonds. The van der Waals surface area contributed by atoms with Crippen molar-refractivity contribution in [1.29, 1.82) is 0 Å². The maximum absolute atomic E-state index is 16.1. The molecule has 1 saturated carbocycles. The fourth-order valence-electron chi connectivity index (χ4n) is 11.4. The lowest BCUT2D eigenvalue weighted by Gasteiger charge is -2.30. The summed E-state index contributed by atoms with van der Waals surface area (Å²) < 4.78 is 36.7. The molecular weight excluding hydrogens is 1050 g/mol. The highest BCUT2D eigenvalue weighted by Gasteiger charge is 2.43. The summed E-state index contributed by atoms with van der Waals surface area (Å²) in [7, 11) is 1.63. The van der Waals surface area contributed by atoms with E-state index in [-0.39, 0.29) is 74.5 Å². The summed E-state index contributed by atoms with van der Waals surface area (Å²) in [6.45, 7) is 13.9. The zero-order chi connectivity index (χ0) is 56.6. The number of hydrogen-bond donors (Lipinski definition) is 5. The van der Waals surface area contributed by atoms with Crippen molar-refractivity contribution in [1.82, 2.24) is 55.7 Å². The maximum atomic E-state index is 16.1. The fraction of sp³-hybridized carbons (Fsp3) is 0.433. The molecule has 11 rings (SSSR count). The number of aromatic nitrogens is 8. The van der Waals surface area contributed by atoms with E-state index in [0.717, 1.165) is 87.3 Å². The van der Waals surface area contributed by atoms with Crippen LogP contribution in [-0.4, -0.2) is 138 Å². The Morgan fingerprint density at radius 3 is 2.44 bits per heavy atom. The molecule has 2 saturated heterocycles. The number of aliphatic hydroxyl groups is 2. The number of ether oxygens (including phenoxy) is 3. The zero-order valence-electron chi connectivity index (χ0n) is 46.6. The molecule has 3 fully saturated rings. The minimum absolute atomic E-state index is 0.0400. The molecule has 0 radical (unpaired) electrons. The van der Waals surface area contributed by atoms with Gasteiger partial charge >= 0.3 is 6.01 Å². The van der Waals surface area contributed by atoms with Crippen LogP contribution < -0.4 is 25.0 Å². The summed E-state index contributed by atoms with van der Waals surface area (Å²) in [6, 6.07) is 16.8. The average molecular weight is 1120 g/mol. The van der Waals surface area contributed by atoms with Gasteiger partial charge < -0.3 is 44.9 Å². The molecule has 4 aromatic heterocycles. The number of likely N-dealkylation sites (N-methyl/N-ethyl adjacent to an activating group) is 1. The average Bonchev–Trinajstić information content (AvgIpc) is 4.18. The first-order valence-corrected chi connectivity index (χ1v) is 28.8. The number of halogens is 1. The molecule has 19 nitrogen and oxygen atoms in total. The SMILES string of the molecule is CCN(c1nc(OC[C@H](C)OC)nc2c(OCc3ccc(-c4cn([C@H](C(=O)N5C[C@H](O)C[C@H]5C(=O)N[C@@H](CO)c5ccc(-c6scnc6C)cc5)C(C)C)nn4)cc3)c(-c3c(C)c(F)cc4[nH]ncc34)c(C3CC3)cc12)[C@H]1CCNC1. The Balaban J connectivity index is 0.879. The van der Waals surface area contributed by atoms with E-state index in [4.69, 9.17) is 24.2 Å². The van der Waals surface area contributed by atoms with Crippen LogP contribution in [0.4, 0.5) is 10.2 Å². The normalized spacial score (nSPS) is 18.5. The number of nitrogens with zero attached hydrogens (tertiary/aromatic N) is 9. The highest BCUT2D eigenvalue weighted by atomic mass is 32.1. The number of H-pyrrole nitrogens is 1. The van der Waals surface area contributed by atoms with Crippen LogP contribution >= 0.6 is 11.3 Å². The number of carbonyl (C=O) groups excluding carboxylic acids is 2. The van der Waals surface area contributed by atoms with Crippen LogP contribution in [0.2, 0.25) is 0 Å². The summed E-state index contributed by atoms with van der Waals surface area (Å²) in [5.74, 6) is -0.0678. The van der Waals surface area contributed by atoms with E-state index in [9.17, 15) is 19.8 Å². The number of carbonyl (C=O) groups is 2. The molecule has 0 bridgehead atoms. The number of aromatic amines is 1. The van der Waals surface area contributed by atoms with E-state index >= 15 is 4.39 Å². The van der Waals surface area contributed by atoms with Crippen molar-refractivity contribution in [3.8, 4) is 44.6 Å². The van der Waals surface area contributed by atoms with Crippen LogP contribution in [0.25, 0.3) is 54.6 Å². The van der Waals surface area contributed by atoms with Crippen molar-refractivity contribution < 1.29 is 38.4 Å². The van der Waals surface area contributed by atoms with E-state index in [0.29, 0.717) is 45.7 Å². The summed E-state index contributed by atoms with van der Waals surface area (Å²) in [5, 5.41) is 45.7. The van der Waals surface area contributed by atoms with Crippen molar-refractivity contribution in [2.45, 2.75) is 116 Å². The first-order valence-electron chi connectivity index (χ1n) is 27.9. The van der Waals surface area contributed by atoms with E-state index in [1.807, 2.05) is 76.2 Å². The summed E-state index contributed by atoms with van der Waals surface area (Å²) in [6.07, 6.45) is 5.22. The van der Waals surface area contributed by atoms with Gasteiger partial charge in [-0.25, -0.2) is 14.1 Å². The predicted octanol–water partition coefficient (Wildman–Crippen LogP) is 8.38. The maximum Gasteiger partial charge on any atom is 0.319 e. The molecule has 4 aromatic carbocycles. The molecular formula is C60H69FN12O7S. The van der Waals surface area contributed by atoms with Gasteiger partial charge in [0.15, 0.2) is 5.75 Å². The molecule has 81 heavy (non-hydrogen) atoms. The van der Waals surface area contributed by atoms with Gasteiger partial charge in [0.05, 0.1) is 58.8 Å². The van der Waals surface area contributed by atoms with E-state index in [1.165, 1.54) is 15.6 Å². The third kappa shape index (κ3) is 11.2. The van der Waals surface area contributed by atoms with Gasteiger partial charge in [-0.2, -0.15) is 15.1 Å². The van der Waals surface area contributed by atoms with Crippen LogP contribution in [0.15, 0.2) is 78.6 Å². The Kier molecular flexibility index (Phi) is 16.1. The van der Waals surface area contributed by atoms with Crippen LogP contribution in [-0.2, 0) is 20.9 Å². The second-order valence-corrected chi connectivity index (χ2v) is 22.8. The van der Waals surface area contributed by atoms with E-state index in [1.54, 1.807) is 43.3 Å². The molecule has 5 N–H and O–H groups in total. The highest BCUT2D eigenvalue weighted by Crippen LogP contribution is 2.53. The fourth-order valence-corrected chi connectivity index (χ4v) is 12.3. The molecule has 1 aliphatic carbocycles. The lowest BCUT2D eigenvalue weighted by atomic mass is 9.88. The lowest BCUT2D eigenvalue weighted by Crippen LogP contribution is -2.50. The monoisotopic (exact) mass is 1120 g/mol. The lowest BCUT2D eigenvalue weighted by molar-refractivity contribution is -0.142. The van der Waals surface area contributed by atoms with E-state index in [2.05, 4.69) is 54.0 Å². The molecule has 6 atom stereocenters. The predicted molar refractivity (Wildman–Crippen MR) is 308 cm³/mol. The number of likely N-dealkylation sites (tertiary alicyclic amines) is 1. The summed E-state index contributed by atoms with van der Waals surface area (Å²) in [5.41, 5.74) is 10.6. The van der Waals surface area contributed by atoms with E-state index < -0.39 is 30.1 Å². The third-order valence-corrected chi connectivity index (χ3v) is 17.1. The summed E-state index contributed by atoms with van der Waals surface area (Å²) in [4.78, 5) is 48.0. The zero-order valence-corrected chi connectivity index (χ0v) is 47.5. The van der Waals surface area contributed by atoms with Crippen LogP contribution in [0.5, 0.6) is 11.8 Å². The Labute approximate surface area is 473 Å². The van der Waals surface area contributed by atoms with Crippen LogP contribution in [0.1, 0.15) is 99.3 Å². The Morgan fingerprint density at radius 2 is 1.77 bits per heavy atom. The second-order valence-electron chi connectivity index (χ2n) is 21.9. The number of thiazole rings is 1. The first-order chi connectivity index (χ1) is 39.2. The molecule has 424 valence electrons. The number of aryl methyl sites for hydroxylation is 1. The quantitative estimate of drug-likeness (QED) is 0.0455. The van der Waals surface area contributed by atoms with Crippen molar-refractivity contribution in [2.24, 2.45) is 5.92 Å². The molecule has 3 aliphatic rings. The van der Waals surface area contributed by atoms with Gasteiger partial charge in [-0.3, -0.25) is 14.7 Å². The van der Waals surface area contributed by atoms with Crippen LogP contribution in [0, 0.1) is 25.6 Å². The Hall–Kier alpha value is -7.43. The first kappa shape index (κ1) is 55.5. The van der Waals surface area contributed by atoms with Crippen molar-refractivity contribution >= 4 is 50.8 Å². The topological polar surface area (TPSA) is 231 Å². The van der Waals surface area contributed by atoms with Crippen molar-refractivity contribution in [3.63, 3.8) is 0 Å². The molecule has 0 unspecified atom stereocenters. The molecule has 2 aliphatic heterocycles. The number of fused-ring (bicyclic) bond motifs is 2. The molecule has 6 heterocycles. The Bertz CT molecular complexity index is 3560. The molecule has 0 spiro atoms. The number of methoxy groups -OCH3 is 1. The number of benzene rings is 4. The molecule has 8 aromatic rings. The third-order valence-electron chi connectivity index (χ3n) is 16.1. The molecule has 21 heteroatoms.